The van der Waals surface area contributed by atoms with E-state index in [1.165, 1.54) is 25.0 Å². The lowest BCUT2D eigenvalue weighted by Gasteiger charge is -2.37. The van der Waals surface area contributed by atoms with Gasteiger partial charge in [0, 0.05) is 56.7 Å². The first-order chi connectivity index (χ1) is 16.8. The Morgan fingerprint density at radius 1 is 1.09 bits per heavy atom. The predicted molar refractivity (Wildman–Crippen MR) is 133 cm³/mol. The fourth-order valence-electron chi connectivity index (χ4n) is 6.42. The Bertz CT molecular complexity index is 1230. The van der Waals surface area contributed by atoms with Gasteiger partial charge in [0.1, 0.15) is 23.3 Å². The number of benzene rings is 1. The average Bonchev–Trinajstić information content (AvgIpc) is 3.45. The zero-order valence-corrected chi connectivity index (χ0v) is 20.8. The number of hydrogen-bond acceptors (Lipinski definition) is 8. The molecule has 1 saturated carbocycles. The lowest BCUT2D eigenvalue weighted by atomic mass is 9.82. The number of hydrogen-bond donors (Lipinski definition) is 1. The molecule has 35 heavy (non-hydrogen) atoms. The van der Waals surface area contributed by atoms with Crippen LogP contribution in [0.2, 0.25) is 0 Å². The molecule has 2 aromatic heterocycles. The molecule has 4 heterocycles. The van der Waals surface area contributed by atoms with Crippen LogP contribution in [0.3, 0.4) is 0 Å². The molecule has 9 heteroatoms. The van der Waals surface area contributed by atoms with Crippen molar-refractivity contribution < 1.29 is 8.81 Å². The number of nitrogens with one attached hydrogen (secondary N) is 1. The van der Waals surface area contributed by atoms with Gasteiger partial charge in [0.15, 0.2) is 0 Å². The third kappa shape index (κ3) is 3.81. The summed E-state index contributed by atoms with van der Waals surface area (Å²) in [5.41, 5.74) is 1.94. The van der Waals surface area contributed by atoms with E-state index in [1.54, 1.807) is 0 Å². The number of rotatable bonds is 5. The van der Waals surface area contributed by atoms with Crippen LogP contribution in [-0.2, 0) is 11.8 Å². The Kier molecular flexibility index (Phi) is 5.19. The summed E-state index contributed by atoms with van der Waals surface area (Å²) in [6.45, 7) is 8.90. The molecule has 184 valence electrons. The Balaban J connectivity index is 1.30. The van der Waals surface area contributed by atoms with Gasteiger partial charge >= 0.3 is 6.01 Å². The van der Waals surface area contributed by atoms with Gasteiger partial charge in [-0.2, -0.15) is 0 Å². The quantitative estimate of drug-likeness (QED) is 0.576. The van der Waals surface area contributed by atoms with Crippen LogP contribution in [0.5, 0.6) is 0 Å². The molecule has 0 amide bonds. The Morgan fingerprint density at radius 3 is 2.43 bits per heavy atom. The zero-order valence-electron chi connectivity index (χ0n) is 20.8. The zero-order chi connectivity index (χ0) is 24.3. The lowest BCUT2D eigenvalue weighted by Crippen LogP contribution is -2.43. The first-order valence-electron chi connectivity index (χ1n) is 12.5. The highest BCUT2D eigenvalue weighted by Gasteiger charge is 2.45. The summed E-state index contributed by atoms with van der Waals surface area (Å²) >= 11 is 0. The maximum absolute atomic E-state index is 13.6. The second kappa shape index (κ2) is 8.17. The average molecular weight is 478 g/mol. The monoisotopic (exact) mass is 477 g/mol. The van der Waals surface area contributed by atoms with E-state index >= 15 is 0 Å². The standard InChI is InChI=1S/C26H32FN7O/c1-15-31-32-25(35-15)33-12-16-5-6-17(13-33)20(16)11-21-29-23(28-4)22-24(30-21)34(14-26(22,2)3)19-9-7-18(27)8-10-19/h7-10,16-17,20H,5-6,11-14H2,1-4H3,(H,28,29,30). The molecule has 1 saturated heterocycles. The first kappa shape index (κ1) is 22.2. The van der Waals surface area contributed by atoms with E-state index in [4.69, 9.17) is 14.4 Å². The van der Waals surface area contributed by atoms with E-state index in [0.717, 1.165) is 54.8 Å². The molecule has 3 aromatic rings. The molecule has 0 spiro atoms. The number of aryl methyl sites for hydroxylation is 1. The van der Waals surface area contributed by atoms with E-state index in [-0.39, 0.29) is 11.2 Å². The maximum Gasteiger partial charge on any atom is 0.318 e. The largest absolute Gasteiger partial charge is 0.408 e. The maximum atomic E-state index is 13.6. The molecule has 6 rings (SSSR count). The van der Waals surface area contributed by atoms with E-state index in [9.17, 15) is 4.39 Å². The highest BCUT2D eigenvalue weighted by atomic mass is 19.1. The molecule has 2 bridgehead atoms. The Morgan fingerprint density at radius 2 is 1.80 bits per heavy atom. The van der Waals surface area contributed by atoms with Crippen LogP contribution in [0.25, 0.3) is 0 Å². The molecular weight excluding hydrogens is 445 g/mol. The molecule has 2 atom stereocenters. The SMILES string of the molecule is CNc1nc(CC2C3CCC2CN(c2nnc(C)o2)C3)nc2c1C(C)(C)CN2c1ccc(F)cc1. The van der Waals surface area contributed by atoms with Crippen molar-refractivity contribution in [3.05, 3.63) is 47.4 Å². The molecular formula is C26H32FN7O. The van der Waals surface area contributed by atoms with Crippen LogP contribution < -0.4 is 15.1 Å². The highest BCUT2D eigenvalue weighted by molar-refractivity contribution is 5.74. The van der Waals surface area contributed by atoms with Gasteiger partial charge in [-0.3, -0.25) is 0 Å². The Hall–Kier alpha value is -3.23. The number of nitrogens with zero attached hydrogens (tertiary/aromatic N) is 6. The lowest BCUT2D eigenvalue weighted by molar-refractivity contribution is 0.258. The van der Waals surface area contributed by atoms with Crippen molar-refractivity contribution in [1.29, 1.82) is 0 Å². The molecule has 2 fully saturated rings. The third-order valence-corrected chi connectivity index (χ3v) is 8.03. The van der Waals surface area contributed by atoms with Crippen LogP contribution in [-0.4, -0.2) is 46.8 Å². The Labute approximate surface area is 205 Å². The van der Waals surface area contributed by atoms with Crippen molar-refractivity contribution in [1.82, 2.24) is 20.2 Å². The van der Waals surface area contributed by atoms with Gasteiger partial charge < -0.3 is 19.5 Å². The summed E-state index contributed by atoms with van der Waals surface area (Å²) in [5, 5.41) is 11.6. The number of piperidine rings is 1. The van der Waals surface area contributed by atoms with Crippen LogP contribution in [0, 0.1) is 30.5 Å². The van der Waals surface area contributed by atoms with Crippen molar-refractivity contribution in [3.8, 4) is 0 Å². The minimum absolute atomic E-state index is 0.132. The van der Waals surface area contributed by atoms with Gasteiger partial charge in [0.2, 0.25) is 5.89 Å². The van der Waals surface area contributed by atoms with Crippen LogP contribution >= 0.6 is 0 Å². The van der Waals surface area contributed by atoms with Gasteiger partial charge in [-0.15, -0.1) is 5.10 Å². The molecule has 8 nitrogen and oxygen atoms in total. The molecule has 1 aliphatic carbocycles. The summed E-state index contributed by atoms with van der Waals surface area (Å²) in [5.74, 6) is 4.72. The number of fused-ring (bicyclic) bond motifs is 3. The predicted octanol–water partition coefficient (Wildman–Crippen LogP) is 4.48. The fourth-order valence-corrected chi connectivity index (χ4v) is 6.42. The van der Waals surface area contributed by atoms with E-state index in [2.05, 4.69) is 39.2 Å². The van der Waals surface area contributed by atoms with Crippen molar-refractivity contribution in [2.45, 2.75) is 45.4 Å². The van der Waals surface area contributed by atoms with Crippen molar-refractivity contribution in [2.24, 2.45) is 17.8 Å². The summed E-state index contributed by atoms with van der Waals surface area (Å²) in [6.07, 6.45) is 3.26. The van der Waals surface area contributed by atoms with Crippen LogP contribution in [0.15, 0.2) is 28.7 Å². The number of anilines is 4. The van der Waals surface area contributed by atoms with Crippen LogP contribution in [0.1, 0.15) is 44.0 Å². The fraction of sp³-hybridized carbons (Fsp3) is 0.538. The second-order valence-electron chi connectivity index (χ2n) is 10.9. The van der Waals surface area contributed by atoms with Crippen molar-refractivity contribution in [2.75, 3.05) is 41.8 Å². The van der Waals surface area contributed by atoms with E-state index in [0.29, 0.717) is 29.7 Å². The van der Waals surface area contributed by atoms with E-state index in [1.807, 2.05) is 26.1 Å². The van der Waals surface area contributed by atoms with Gasteiger partial charge in [-0.1, -0.05) is 18.9 Å². The summed E-state index contributed by atoms with van der Waals surface area (Å²) < 4.78 is 19.3. The molecule has 1 N–H and O–H groups in total. The molecule has 2 unspecified atom stereocenters. The van der Waals surface area contributed by atoms with Crippen LogP contribution in [0.4, 0.5) is 27.7 Å². The molecule has 3 aliphatic rings. The minimum Gasteiger partial charge on any atom is -0.408 e. The van der Waals surface area contributed by atoms with Gasteiger partial charge in [-0.05, 0) is 54.9 Å². The summed E-state index contributed by atoms with van der Waals surface area (Å²) in [4.78, 5) is 14.6. The third-order valence-electron chi connectivity index (χ3n) is 8.03. The molecule has 1 aromatic carbocycles. The first-order valence-corrected chi connectivity index (χ1v) is 12.5. The highest BCUT2D eigenvalue weighted by Crippen LogP contribution is 2.48. The molecule has 0 radical (unpaired) electrons. The summed E-state index contributed by atoms with van der Waals surface area (Å²) in [7, 11) is 1.93. The topological polar surface area (TPSA) is 83.2 Å². The summed E-state index contributed by atoms with van der Waals surface area (Å²) in [6, 6.07) is 7.32. The normalized spacial score (nSPS) is 24.7. The van der Waals surface area contributed by atoms with Gasteiger partial charge in [0.05, 0.1) is 0 Å². The van der Waals surface area contributed by atoms with Crippen molar-refractivity contribution in [3.63, 3.8) is 0 Å². The smallest absolute Gasteiger partial charge is 0.318 e. The van der Waals surface area contributed by atoms with E-state index < -0.39 is 0 Å². The van der Waals surface area contributed by atoms with Crippen molar-refractivity contribution >= 4 is 23.3 Å². The number of aromatic nitrogens is 4. The molecule has 2 aliphatic heterocycles. The minimum atomic E-state index is -0.232. The van der Waals surface area contributed by atoms with Gasteiger partial charge in [-0.25, -0.2) is 14.4 Å². The number of halogens is 1. The van der Waals surface area contributed by atoms with Gasteiger partial charge in [0.25, 0.3) is 0 Å². The second-order valence-corrected chi connectivity index (χ2v) is 10.9.